The predicted octanol–water partition coefficient (Wildman–Crippen LogP) is 3.26. The van der Waals surface area contributed by atoms with Crippen LogP contribution in [0.15, 0.2) is 24.3 Å². The number of carbonyl (C=O) groups is 1. The Morgan fingerprint density at radius 1 is 1.28 bits per heavy atom. The summed E-state index contributed by atoms with van der Waals surface area (Å²) in [5.74, 6) is 0.258. The van der Waals surface area contributed by atoms with Gasteiger partial charge in [0, 0.05) is 0 Å². The van der Waals surface area contributed by atoms with Crippen LogP contribution in [-0.4, -0.2) is 24.6 Å². The molecule has 0 bridgehead atoms. The molecule has 0 aliphatic carbocycles. The van der Waals surface area contributed by atoms with Crippen molar-refractivity contribution in [3.05, 3.63) is 35.0 Å². The lowest BCUT2D eigenvalue weighted by Crippen LogP contribution is -2.01. The third-order valence-electron chi connectivity index (χ3n) is 2.39. The van der Waals surface area contributed by atoms with Gasteiger partial charge in [0.05, 0.1) is 19.1 Å². The number of rotatable bonds is 3. The van der Waals surface area contributed by atoms with Crippen LogP contribution in [0.25, 0.3) is 10.4 Å². The highest BCUT2D eigenvalue weighted by Gasteiger charge is 2.21. The molecule has 1 heterocycles. The Hall–Kier alpha value is -1.59. The summed E-state index contributed by atoms with van der Waals surface area (Å²) in [6.07, 6.45) is 0. The maximum atomic E-state index is 11.6. The normalized spacial score (nSPS) is 10.2. The van der Waals surface area contributed by atoms with Crippen LogP contribution in [0.3, 0.4) is 0 Å². The molecule has 0 spiro atoms. The van der Waals surface area contributed by atoms with Crippen LogP contribution < -0.4 is 4.74 Å². The second kappa shape index (κ2) is 5.37. The van der Waals surface area contributed by atoms with E-state index in [0.29, 0.717) is 10.4 Å². The smallest absolute Gasteiger partial charge is 0.342 e. The van der Waals surface area contributed by atoms with Crippen LogP contribution in [0, 0.1) is 0 Å². The van der Waals surface area contributed by atoms with E-state index in [-0.39, 0.29) is 5.15 Å². The average molecular weight is 284 g/mol. The minimum Gasteiger partial charge on any atom is -0.497 e. The SMILES string of the molecule is COC(=O)c1c(Cl)nsc1-c1ccc(OC)cc1. The summed E-state index contributed by atoms with van der Waals surface area (Å²) in [6.45, 7) is 0. The second-order valence-electron chi connectivity index (χ2n) is 3.40. The van der Waals surface area contributed by atoms with Gasteiger partial charge >= 0.3 is 5.97 Å². The van der Waals surface area contributed by atoms with Gasteiger partial charge in [-0.2, -0.15) is 4.37 Å². The standard InChI is InChI=1S/C12H10ClNO3S/c1-16-8-5-3-7(4-6-8)10-9(12(15)17-2)11(13)14-18-10/h3-6H,1-2H3. The van der Waals surface area contributed by atoms with Crippen molar-refractivity contribution >= 4 is 29.1 Å². The molecule has 1 aromatic carbocycles. The highest BCUT2D eigenvalue weighted by molar-refractivity contribution is 7.10. The van der Waals surface area contributed by atoms with Crippen molar-refractivity contribution in [3.8, 4) is 16.2 Å². The number of ether oxygens (including phenoxy) is 2. The Morgan fingerprint density at radius 2 is 1.94 bits per heavy atom. The van der Waals surface area contributed by atoms with Crippen molar-refractivity contribution < 1.29 is 14.3 Å². The Balaban J connectivity index is 2.47. The van der Waals surface area contributed by atoms with Crippen LogP contribution in [0.2, 0.25) is 5.15 Å². The van der Waals surface area contributed by atoms with Crippen molar-refractivity contribution in [1.29, 1.82) is 0 Å². The number of carbonyl (C=O) groups excluding carboxylic acids is 1. The molecule has 18 heavy (non-hydrogen) atoms. The fraction of sp³-hybridized carbons (Fsp3) is 0.167. The number of halogens is 1. The fourth-order valence-corrected chi connectivity index (χ4v) is 2.60. The highest BCUT2D eigenvalue weighted by atomic mass is 35.5. The highest BCUT2D eigenvalue weighted by Crippen LogP contribution is 2.34. The molecule has 6 heteroatoms. The minimum atomic E-state index is -0.487. The van der Waals surface area contributed by atoms with E-state index >= 15 is 0 Å². The van der Waals surface area contributed by atoms with Gasteiger partial charge in [-0.15, -0.1) is 0 Å². The first kappa shape index (κ1) is 12.9. The maximum absolute atomic E-state index is 11.6. The van der Waals surface area contributed by atoms with Gasteiger partial charge in [-0.3, -0.25) is 0 Å². The molecule has 94 valence electrons. The first-order valence-corrected chi connectivity index (χ1v) is 6.20. The number of benzene rings is 1. The molecule has 2 rings (SSSR count). The third-order valence-corrected chi connectivity index (χ3v) is 3.66. The van der Waals surface area contributed by atoms with Crippen molar-refractivity contribution in [3.63, 3.8) is 0 Å². The first-order chi connectivity index (χ1) is 8.67. The van der Waals surface area contributed by atoms with Gasteiger partial charge in [0.15, 0.2) is 5.15 Å². The molecule has 0 aliphatic heterocycles. The van der Waals surface area contributed by atoms with Gasteiger partial charge in [0.25, 0.3) is 0 Å². The van der Waals surface area contributed by atoms with Crippen molar-refractivity contribution in [2.75, 3.05) is 14.2 Å². The van der Waals surface area contributed by atoms with Crippen LogP contribution in [0.5, 0.6) is 5.75 Å². The molecule has 0 atom stereocenters. The molecule has 0 saturated heterocycles. The summed E-state index contributed by atoms with van der Waals surface area (Å²) in [6, 6.07) is 7.30. The zero-order valence-corrected chi connectivity index (χ0v) is 11.3. The summed E-state index contributed by atoms with van der Waals surface area (Å²) in [5.41, 5.74) is 1.15. The lowest BCUT2D eigenvalue weighted by Gasteiger charge is -2.03. The van der Waals surface area contributed by atoms with Gasteiger partial charge in [0.1, 0.15) is 11.3 Å². The molecule has 0 fully saturated rings. The van der Waals surface area contributed by atoms with E-state index in [1.165, 1.54) is 7.11 Å². The van der Waals surface area contributed by atoms with E-state index in [9.17, 15) is 4.79 Å². The Bertz CT molecular complexity index is 565. The van der Waals surface area contributed by atoms with Crippen molar-refractivity contribution in [1.82, 2.24) is 4.37 Å². The van der Waals surface area contributed by atoms with E-state index < -0.39 is 5.97 Å². The van der Waals surface area contributed by atoms with Gasteiger partial charge < -0.3 is 9.47 Å². The van der Waals surface area contributed by atoms with Gasteiger partial charge in [-0.05, 0) is 41.4 Å². The summed E-state index contributed by atoms with van der Waals surface area (Å²) >= 11 is 7.06. The largest absolute Gasteiger partial charge is 0.497 e. The lowest BCUT2D eigenvalue weighted by atomic mass is 10.1. The second-order valence-corrected chi connectivity index (χ2v) is 4.53. The summed E-state index contributed by atoms with van der Waals surface area (Å²) in [4.78, 5) is 12.3. The molecule has 0 saturated carbocycles. The van der Waals surface area contributed by atoms with Crippen LogP contribution >= 0.6 is 23.1 Å². The van der Waals surface area contributed by atoms with E-state index in [1.807, 2.05) is 24.3 Å². The first-order valence-electron chi connectivity index (χ1n) is 5.05. The quantitative estimate of drug-likeness (QED) is 0.811. The minimum absolute atomic E-state index is 0.165. The molecule has 4 nitrogen and oxygen atoms in total. The van der Waals surface area contributed by atoms with E-state index in [0.717, 1.165) is 22.8 Å². The number of nitrogens with zero attached hydrogens (tertiary/aromatic N) is 1. The predicted molar refractivity (Wildman–Crippen MR) is 70.5 cm³/mol. The number of aromatic nitrogens is 1. The molecule has 0 N–H and O–H groups in total. The van der Waals surface area contributed by atoms with Crippen LogP contribution in [-0.2, 0) is 4.74 Å². The molecule has 0 radical (unpaired) electrons. The molecule has 0 amide bonds. The molecule has 1 aromatic heterocycles. The lowest BCUT2D eigenvalue weighted by molar-refractivity contribution is 0.0602. The van der Waals surface area contributed by atoms with E-state index in [2.05, 4.69) is 4.37 Å². The summed E-state index contributed by atoms with van der Waals surface area (Å²) < 4.78 is 13.8. The van der Waals surface area contributed by atoms with Gasteiger partial charge in [-0.25, -0.2) is 4.79 Å². The van der Waals surface area contributed by atoms with Crippen molar-refractivity contribution in [2.45, 2.75) is 0 Å². The molecule has 2 aromatic rings. The zero-order valence-electron chi connectivity index (χ0n) is 9.77. The Kier molecular flexibility index (Phi) is 3.84. The van der Waals surface area contributed by atoms with Crippen LogP contribution in [0.1, 0.15) is 10.4 Å². The summed E-state index contributed by atoms with van der Waals surface area (Å²) in [5, 5.41) is 0.165. The number of esters is 1. The number of hydrogen-bond acceptors (Lipinski definition) is 5. The Morgan fingerprint density at radius 3 is 2.50 bits per heavy atom. The topological polar surface area (TPSA) is 48.4 Å². The third kappa shape index (κ3) is 2.32. The fourth-order valence-electron chi connectivity index (χ4n) is 1.49. The molecule has 0 aliphatic rings. The monoisotopic (exact) mass is 283 g/mol. The summed E-state index contributed by atoms with van der Waals surface area (Å²) in [7, 11) is 2.91. The molecular formula is C12H10ClNO3S. The Labute approximate surface area is 113 Å². The van der Waals surface area contributed by atoms with E-state index in [1.54, 1.807) is 7.11 Å². The van der Waals surface area contributed by atoms with Gasteiger partial charge in [0.2, 0.25) is 0 Å². The van der Waals surface area contributed by atoms with Crippen LogP contribution in [0.4, 0.5) is 0 Å². The maximum Gasteiger partial charge on any atom is 0.342 e. The average Bonchev–Trinajstić information content (AvgIpc) is 2.80. The van der Waals surface area contributed by atoms with Crippen molar-refractivity contribution in [2.24, 2.45) is 0 Å². The molecular weight excluding hydrogens is 274 g/mol. The zero-order chi connectivity index (χ0) is 13.1. The number of methoxy groups -OCH3 is 2. The van der Waals surface area contributed by atoms with E-state index in [4.69, 9.17) is 21.1 Å². The van der Waals surface area contributed by atoms with Gasteiger partial charge in [-0.1, -0.05) is 11.6 Å². The molecule has 0 unspecified atom stereocenters. The number of hydrogen-bond donors (Lipinski definition) is 0.